The molecule has 0 aliphatic carbocycles. The summed E-state index contributed by atoms with van der Waals surface area (Å²) in [5.41, 5.74) is 2.02. The molecule has 0 amide bonds. The van der Waals surface area contributed by atoms with Crippen LogP contribution in [0.3, 0.4) is 0 Å². The summed E-state index contributed by atoms with van der Waals surface area (Å²) in [6.07, 6.45) is 1.69. The van der Waals surface area contributed by atoms with Crippen molar-refractivity contribution in [3.8, 4) is 28.1 Å². The van der Waals surface area contributed by atoms with E-state index in [1.165, 1.54) is 17.4 Å². The van der Waals surface area contributed by atoms with Gasteiger partial charge in [0.1, 0.15) is 11.6 Å². The van der Waals surface area contributed by atoms with Crippen LogP contribution in [0.25, 0.3) is 11.3 Å². The molecule has 0 N–H and O–H groups in total. The Morgan fingerprint density at radius 3 is 2.52 bits per heavy atom. The molecule has 0 aliphatic heterocycles. The van der Waals surface area contributed by atoms with Gasteiger partial charge in [-0.25, -0.2) is 14.4 Å². The van der Waals surface area contributed by atoms with E-state index in [0.29, 0.717) is 22.4 Å². The fraction of sp³-hybridized carbons (Fsp3) is 0.263. The van der Waals surface area contributed by atoms with E-state index in [9.17, 15) is 4.39 Å². The molecule has 2 heterocycles. The molecule has 0 aliphatic rings. The maximum absolute atomic E-state index is 14.3. The third-order valence-corrected chi connectivity index (χ3v) is 4.40. The molecule has 0 spiro atoms. The van der Waals surface area contributed by atoms with Crippen LogP contribution < -0.4 is 9.47 Å². The van der Waals surface area contributed by atoms with Crippen LogP contribution in [0.5, 0.6) is 16.8 Å². The minimum atomic E-state index is -0.277. The molecule has 2 aromatic heterocycles. The van der Waals surface area contributed by atoms with Gasteiger partial charge >= 0.3 is 0 Å². The summed E-state index contributed by atoms with van der Waals surface area (Å²) in [4.78, 5) is 8.59. The number of halogens is 1. The maximum atomic E-state index is 14.3. The normalized spacial score (nSPS) is 11.4. The van der Waals surface area contributed by atoms with Crippen LogP contribution in [-0.2, 0) is 5.41 Å². The molecule has 0 unspecified atom stereocenters. The smallest absolute Gasteiger partial charge is 0.279 e. The van der Waals surface area contributed by atoms with Crippen molar-refractivity contribution in [2.75, 3.05) is 7.11 Å². The summed E-state index contributed by atoms with van der Waals surface area (Å²) in [5, 5.41) is 2.33. The molecule has 130 valence electrons. The van der Waals surface area contributed by atoms with Crippen molar-refractivity contribution in [3.05, 3.63) is 53.3 Å². The topological polar surface area (TPSA) is 44.2 Å². The number of hydrogen-bond acceptors (Lipinski definition) is 5. The molecular formula is C19H19FN2O2S. The molecular weight excluding hydrogens is 339 g/mol. The number of rotatable bonds is 4. The van der Waals surface area contributed by atoms with Gasteiger partial charge in [-0.15, -0.1) is 0 Å². The molecule has 0 radical (unpaired) electrons. The summed E-state index contributed by atoms with van der Waals surface area (Å²) < 4.78 is 25.0. The Morgan fingerprint density at radius 1 is 1.12 bits per heavy atom. The van der Waals surface area contributed by atoms with Crippen molar-refractivity contribution >= 4 is 11.3 Å². The van der Waals surface area contributed by atoms with Gasteiger partial charge in [0.2, 0.25) is 5.88 Å². The number of nitrogens with zero attached hydrogens (tertiary/aromatic N) is 2. The number of aromatic nitrogens is 2. The van der Waals surface area contributed by atoms with Gasteiger partial charge in [-0.3, -0.25) is 0 Å². The van der Waals surface area contributed by atoms with Crippen molar-refractivity contribution in [2.24, 2.45) is 0 Å². The lowest BCUT2D eigenvalue weighted by Crippen LogP contribution is -2.13. The highest BCUT2D eigenvalue weighted by molar-refractivity contribution is 7.11. The molecule has 25 heavy (non-hydrogen) atoms. The van der Waals surface area contributed by atoms with E-state index in [0.717, 1.165) is 11.3 Å². The monoisotopic (exact) mass is 358 g/mol. The zero-order valence-electron chi connectivity index (χ0n) is 14.5. The van der Waals surface area contributed by atoms with Crippen molar-refractivity contribution < 1.29 is 13.9 Å². The summed E-state index contributed by atoms with van der Waals surface area (Å²) in [6.45, 7) is 5.92. The Morgan fingerprint density at radius 2 is 1.92 bits per heavy atom. The molecule has 1 aromatic carbocycles. The third kappa shape index (κ3) is 3.96. The Kier molecular flexibility index (Phi) is 4.72. The first-order valence-electron chi connectivity index (χ1n) is 7.80. The van der Waals surface area contributed by atoms with Crippen LogP contribution in [0.15, 0.2) is 41.9 Å². The number of hydrogen-bond donors (Lipinski definition) is 0. The van der Waals surface area contributed by atoms with Crippen LogP contribution >= 0.6 is 11.3 Å². The van der Waals surface area contributed by atoms with Gasteiger partial charge in [-0.05, 0) is 23.1 Å². The number of ether oxygens (including phenoxy) is 2. The number of thiazole rings is 1. The fourth-order valence-electron chi connectivity index (χ4n) is 2.36. The second-order valence-corrected chi connectivity index (χ2v) is 7.40. The molecule has 0 bridgehead atoms. The highest BCUT2D eigenvalue weighted by Crippen LogP contribution is 2.32. The minimum absolute atomic E-state index is 0.252. The SMILES string of the molecule is COc1ccc(-c2csc(Oc3ccc(C(C)(C)C)c(F)c3)n2)cn1. The Bertz CT molecular complexity index is 870. The maximum Gasteiger partial charge on any atom is 0.279 e. The largest absolute Gasteiger partial charge is 0.481 e. The van der Waals surface area contributed by atoms with Crippen molar-refractivity contribution in [3.63, 3.8) is 0 Å². The summed E-state index contributed by atoms with van der Waals surface area (Å²) in [6, 6.07) is 8.57. The van der Waals surface area contributed by atoms with Gasteiger partial charge in [0.15, 0.2) is 0 Å². The van der Waals surface area contributed by atoms with Crippen molar-refractivity contribution in [1.82, 2.24) is 9.97 Å². The lowest BCUT2D eigenvalue weighted by molar-refractivity contribution is 0.398. The summed E-state index contributed by atoms with van der Waals surface area (Å²) in [7, 11) is 1.57. The van der Waals surface area contributed by atoms with Crippen LogP contribution in [0.4, 0.5) is 4.39 Å². The average Bonchev–Trinajstić information content (AvgIpc) is 3.02. The van der Waals surface area contributed by atoms with E-state index >= 15 is 0 Å². The highest BCUT2D eigenvalue weighted by atomic mass is 32.1. The van der Waals surface area contributed by atoms with Gasteiger partial charge in [-0.2, -0.15) is 0 Å². The highest BCUT2D eigenvalue weighted by Gasteiger charge is 2.19. The van der Waals surface area contributed by atoms with E-state index in [-0.39, 0.29) is 11.2 Å². The first kappa shape index (κ1) is 17.4. The second-order valence-electron chi connectivity index (χ2n) is 6.58. The molecule has 0 saturated heterocycles. The molecule has 3 rings (SSSR count). The standard InChI is InChI=1S/C19H19FN2O2S/c1-19(2,3)14-7-6-13(9-15(14)20)24-18-22-16(11-25-18)12-5-8-17(23-4)21-10-12/h5-11H,1-4H3. The Labute approximate surface area is 150 Å². The van der Waals surface area contributed by atoms with E-state index < -0.39 is 0 Å². The van der Waals surface area contributed by atoms with Gasteiger partial charge in [-0.1, -0.05) is 38.2 Å². The van der Waals surface area contributed by atoms with E-state index in [2.05, 4.69) is 9.97 Å². The van der Waals surface area contributed by atoms with Crippen LogP contribution in [-0.4, -0.2) is 17.1 Å². The zero-order chi connectivity index (χ0) is 18.0. The predicted octanol–water partition coefficient (Wildman–Crippen LogP) is 5.44. The Hall–Kier alpha value is -2.47. The molecule has 4 nitrogen and oxygen atoms in total. The lowest BCUT2D eigenvalue weighted by atomic mass is 9.87. The van der Waals surface area contributed by atoms with Crippen molar-refractivity contribution in [2.45, 2.75) is 26.2 Å². The van der Waals surface area contributed by atoms with E-state index in [1.807, 2.05) is 32.2 Å². The van der Waals surface area contributed by atoms with E-state index in [4.69, 9.17) is 9.47 Å². The minimum Gasteiger partial charge on any atom is -0.481 e. The summed E-state index contributed by atoms with van der Waals surface area (Å²) >= 11 is 1.35. The number of benzene rings is 1. The second kappa shape index (κ2) is 6.80. The predicted molar refractivity (Wildman–Crippen MR) is 97.1 cm³/mol. The molecule has 0 atom stereocenters. The quantitative estimate of drug-likeness (QED) is 0.623. The molecule has 6 heteroatoms. The fourth-order valence-corrected chi connectivity index (χ4v) is 3.05. The number of methoxy groups -OCH3 is 1. The van der Waals surface area contributed by atoms with Gasteiger partial charge in [0.25, 0.3) is 5.19 Å². The average molecular weight is 358 g/mol. The first-order valence-corrected chi connectivity index (χ1v) is 8.68. The van der Waals surface area contributed by atoms with Crippen LogP contribution in [0.1, 0.15) is 26.3 Å². The molecule has 0 saturated carbocycles. The first-order chi connectivity index (χ1) is 11.9. The lowest BCUT2D eigenvalue weighted by Gasteiger charge is -2.19. The van der Waals surface area contributed by atoms with Crippen molar-refractivity contribution in [1.29, 1.82) is 0 Å². The zero-order valence-corrected chi connectivity index (χ0v) is 15.4. The third-order valence-electron chi connectivity index (χ3n) is 3.68. The van der Waals surface area contributed by atoms with Crippen LogP contribution in [0, 0.1) is 5.82 Å². The van der Waals surface area contributed by atoms with Gasteiger partial charge < -0.3 is 9.47 Å². The van der Waals surface area contributed by atoms with E-state index in [1.54, 1.807) is 31.5 Å². The summed E-state index contributed by atoms with van der Waals surface area (Å²) in [5.74, 6) is 0.699. The van der Waals surface area contributed by atoms with Crippen LogP contribution in [0.2, 0.25) is 0 Å². The Balaban J connectivity index is 1.78. The van der Waals surface area contributed by atoms with Gasteiger partial charge in [0.05, 0.1) is 12.8 Å². The molecule has 0 fully saturated rings. The van der Waals surface area contributed by atoms with Gasteiger partial charge in [0, 0.05) is 29.3 Å². The number of pyridine rings is 1. The molecule has 3 aromatic rings.